The Bertz CT molecular complexity index is 581. The highest BCUT2D eigenvalue weighted by atomic mass is 35.5. The van der Waals surface area contributed by atoms with E-state index in [0.29, 0.717) is 16.7 Å². The van der Waals surface area contributed by atoms with Crippen LogP contribution in [0.25, 0.3) is 5.69 Å². The van der Waals surface area contributed by atoms with Gasteiger partial charge in [0.25, 0.3) is 0 Å². The summed E-state index contributed by atoms with van der Waals surface area (Å²) in [5.41, 5.74) is 1.02. The maximum atomic E-state index is 11.5. The first-order valence-electron chi connectivity index (χ1n) is 5.28. The van der Waals surface area contributed by atoms with Gasteiger partial charge in [-0.1, -0.05) is 23.2 Å². The van der Waals surface area contributed by atoms with E-state index >= 15 is 0 Å². The third kappa shape index (κ3) is 2.66. The predicted octanol–water partition coefficient (Wildman–Crippen LogP) is 3.36. The number of carbonyl (C=O) groups is 1. The molecule has 0 N–H and O–H groups in total. The normalized spacial score (nSPS) is 10.4. The third-order valence-electron chi connectivity index (χ3n) is 2.27. The van der Waals surface area contributed by atoms with Gasteiger partial charge in [-0.25, -0.2) is 9.78 Å². The van der Waals surface area contributed by atoms with Crippen LogP contribution in [-0.4, -0.2) is 22.1 Å². The van der Waals surface area contributed by atoms with Crippen molar-refractivity contribution in [3.63, 3.8) is 0 Å². The second kappa shape index (κ2) is 5.42. The van der Waals surface area contributed by atoms with Crippen molar-refractivity contribution in [3.8, 4) is 5.69 Å². The molecule has 1 aromatic carbocycles. The summed E-state index contributed by atoms with van der Waals surface area (Å²) in [4.78, 5) is 15.4. The molecule has 94 valence electrons. The first-order chi connectivity index (χ1) is 8.61. The number of carbonyl (C=O) groups excluding carboxylic acids is 1. The highest BCUT2D eigenvalue weighted by Gasteiger charge is 2.11. The van der Waals surface area contributed by atoms with Gasteiger partial charge in [-0.05, 0) is 25.1 Å². The molecular weight excluding hydrogens is 275 g/mol. The van der Waals surface area contributed by atoms with Crippen molar-refractivity contribution in [1.82, 2.24) is 9.55 Å². The zero-order chi connectivity index (χ0) is 13.1. The summed E-state index contributed by atoms with van der Waals surface area (Å²) in [7, 11) is 0. The summed E-state index contributed by atoms with van der Waals surface area (Å²) in [6.07, 6.45) is 3.10. The van der Waals surface area contributed by atoms with Gasteiger partial charge in [-0.15, -0.1) is 0 Å². The van der Waals surface area contributed by atoms with Crippen molar-refractivity contribution in [2.75, 3.05) is 6.61 Å². The molecule has 2 aromatic rings. The zero-order valence-corrected chi connectivity index (χ0v) is 11.1. The molecule has 2 rings (SSSR count). The van der Waals surface area contributed by atoms with Crippen molar-refractivity contribution in [1.29, 1.82) is 0 Å². The Balaban J connectivity index is 2.29. The highest BCUT2D eigenvalue weighted by molar-refractivity contribution is 6.42. The van der Waals surface area contributed by atoms with E-state index in [1.165, 1.54) is 6.33 Å². The maximum absolute atomic E-state index is 11.5. The Labute approximate surface area is 114 Å². The molecule has 0 aliphatic heterocycles. The van der Waals surface area contributed by atoms with Gasteiger partial charge in [0.15, 0.2) is 5.69 Å². The molecule has 0 unspecified atom stereocenters. The first kappa shape index (κ1) is 12.9. The molecule has 6 heteroatoms. The fourth-order valence-corrected chi connectivity index (χ4v) is 1.71. The van der Waals surface area contributed by atoms with E-state index in [1.807, 2.05) is 0 Å². The van der Waals surface area contributed by atoms with E-state index in [0.717, 1.165) is 5.69 Å². The van der Waals surface area contributed by atoms with Crippen molar-refractivity contribution in [3.05, 3.63) is 46.5 Å². The van der Waals surface area contributed by atoms with Crippen molar-refractivity contribution >= 4 is 29.2 Å². The smallest absolute Gasteiger partial charge is 0.358 e. The lowest BCUT2D eigenvalue weighted by Gasteiger charge is -2.03. The average Bonchev–Trinajstić information content (AvgIpc) is 2.82. The van der Waals surface area contributed by atoms with Crippen LogP contribution >= 0.6 is 23.2 Å². The minimum Gasteiger partial charge on any atom is -0.461 e. The van der Waals surface area contributed by atoms with E-state index in [1.54, 1.807) is 35.9 Å². The summed E-state index contributed by atoms with van der Waals surface area (Å²) >= 11 is 11.8. The average molecular weight is 285 g/mol. The van der Waals surface area contributed by atoms with E-state index < -0.39 is 5.97 Å². The molecule has 0 fully saturated rings. The van der Waals surface area contributed by atoms with Crippen molar-refractivity contribution in [2.24, 2.45) is 0 Å². The quantitative estimate of drug-likeness (QED) is 0.812. The van der Waals surface area contributed by atoms with Crippen LogP contribution < -0.4 is 0 Å². The van der Waals surface area contributed by atoms with Crippen molar-refractivity contribution in [2.45, 2.75) is 6.92 Å². The lowest BCUT2D eigenvalue weighted by atomic mass is 10.3. The number of nitrogens with zero attached hydrogens (tertiary/aromatic N) is 2. The standard InChI is InChI=1S/C12H10Cl2N2O2/c1-2-18-12(17)11-6-16(7-15-11)8-3-4-9(13)10(14)5-8/h3-7H,2H2,1H3. The minimum absolute atomic E-state index is 0.253. The van der Waals surface area contributed by atoms with Crippen LogP contribution in [0.3, 0.4) is 0 Å². The zero-order valence-electron chi connectivity index (χ0n) is 9.56. The number of esters is 1. The first-order valence-corrected chi connectivity index (χ1v) is 6.04. The summed E-state index contributed by atoms with van der Waals surface area (Å²) in [5.74, 6) is -0.448. The fraction of sp³-hybridized carbons (Fsp3) is 0.167. The molecule has 1 heterocycles. The van der Waals surface area contributed by atoms with Gasteiger partial charge in [0.05, 0.1) is 16.7 Å². The number of aromatic nitrogens is 2. The summed E-state index contributed by atoms with van der Waals surface area (Å²) < 4.78 is 6.53. The molecular formula is C12H10Cl2N2O2. The molecule has 0 saturated heterocycles. The molecule has 0 spiro atoms. The summed E-state index contributed by atoms with van der Waals surface area (Å²) in [5, 5.41) is 0.923. The van der Waals surface area contributed by atoms with Crippen LogP contribution in [0.15, 0.2) is 30.7 Å². The third-order valence-corrected chi connectivity index (χ3v) is 3.01. The monoisotopic (exact) mass is 284 g/mol. The van der Waals surface area contributed by atoms with Crippen LogP contribution in [0.4, 0.5) is 0 Å². The van der Waals surface area contributed by atoms with E-state index in [4.69, 9.17) is 27.9 Å². The number of hydrogen-bond acceptors (Lipinski definition) is 3. The van der Waals surface area contributed by atoms with Crippen LogP contribution in [0, 0.1) is 0 Å². The van der Waals surface area contributed by atoms with Gasteiger partial charge in [0.2, 0.25) is 0 Å². The Hall–Kier alpha value is -1.52. The molecule has 4 nitrogen and oxygen atoms in total. The molecule has 0 bridgehead atoms. The van der Waals surface area contributed by atoms with Gasteiger partial charge < -0.3 is 9.30 Å². The molecule has 0 aliphatic rings. The van der Waals surface area contributed by atoms with Gasteiger partial charge in [-0.3, -0.25) is 0 Å². The number of hydrogen-bond donors (Lipinski definition) is 0. The number of ether oxygens (including phenoxy) is 1. The van der Waals surface area contributed by atoms with Crippen LogP contribution in [-0.2, 0) is 4.74 Å². The largest absolute Gasteiger partial charge is 0.461 e. The Morgan fingerprint density at radius 1 is 1.39 bits per heavy atom. The number of benzene rings is 1. The predicted molar refractivity (Wildman–Crippen MR) is 69.5 cm³/mol. The number of rotatable bonds is 3. The highest BCUT2D eigenvalue weighted by Crippen LogP contribution is 2.24. The van der Waals surface area contributed by atoms with Crippen LogP contribution in [0.1, 0.15) is 17.4 Å². The molecule has 0 amide bonds. The topological polar surface area (TPSA) is 44.1 Å². The minimum atomic E-state index is -0.448. The molecule has 1 aromatic heterocycles. The molecule has 18 heavy (non-hydrogen) atoms. The Morgan fingerprint density at radius 3 is 2.83 bits per heavy atom. The van der Waals surface area contributed by atoms with Crippen LogP contribution in [0.5, 0.6) is 0 Å². The second-order valence-corrected chi connectivity index (χ2v) is 4.30. The van der Waals surface area contributed by atoms with Gasteiger partial charge >= 0.3 is 5.97 Å². The lowest BCUT2D eigenvalue weighted by Crippen LogP contribution is -2.04. The fourth-order valence-electron chi connectivity index (χ4n) is 1.42. The van der Waals surface area contributed by atoms with Gasteiger partial charge in [0.1, 0.15) is 6.33 Å². The molecule has 0 radical (unpaired) electrons. The van der Waals surface area contributed by atoms with Crippen molar-refractivity contribution < 1.29 is 9.53 Å². The molecule has 0 saturated carbocycles. The second-order valence-electron chi connectivity index (χ2n) is 3.49. The van der Waals surface area contributed by atoms with Gasteiger partial charge in [0, 0.05) is 11.9 Å². The van der Waals surface area contributed by atoms with Crippen LogP contribution in [0.2, 0.25) is 10.0 Å². The maximum Gasteiger partial charge on any atom is 0.358 e. The number of imidazole rings is 1. The molecule has 0 atom stereocenters. The summed E-state index contributed by atoms with van der Waals surface area (Å²) in [6, 6.07) is 5.16. The summed E-state index contributed by atoms with van der Waals surface area (Å²) in [6.45, 7) is 2.06. The van der Waals surface area contributed by atoms with E-state index in [2.05, 4.69) is 4.98 Å². The Morgan fingerprint density at radius 2 is 2.17 bits per heavy atom. The lowest BCUT2D eigenvalue weighted by molar-refractivity contribution is 0.0520. The molecule has 0 aliphatic carbocycles. The van der Waals surface area contributed by atoms with Gasteiger partial charge in [-0.2, -0.15) is 0 Å². The SMILES string of the molecule is CCOC(=O)c1cn(-c2ccc(Cl)c(Cl)c2)cn1. The number of halogens is 2. The Kier molecular flexibility index (Phi) is 3.89. The van der Waals surface area contributed by atoms with E-state index in [-0.39, 0.29) is 5.69 Å². The van der Waals surface area contributed by atoms with E-state index in [9.17, 15) is 4.79 Å².